The fraction of sp³-hybridized carbons (Fsp3) is 0.778. The molecular formula is C9H15NO5S. The van der Waals surface area contributed by atoms with E-state index in [0.717, 1.165) is 4.31 Å². The third kappa shape index (κ3) is 1.79. The van der Waals surface area contributed by atoms with Gasteiger partial charge in [-0.2, -0.15) is 0 Å². The van der Waals surface area contributed by atoms with E-state index in [1.807, 2.05) is 0 Å². The molecule has 1 amide bonds. The van der Waals surface area contributed by atoms with E-state index in [1.165, 1.54) is 13.8 Å². The maximum Gasteiger partial charge on any atom is 0.303 e. The van der Waals surface area contributed by atoms with E-state index < -0.39 is 26.6 Å². The highest BCUT2D eigenvalue weighted by Gasteiger charge is 2.60. The smallest absolute Gasteiger partial charge is 0.303 e. The molecule has 1 atom stereocenters. The summed E-state index contributed by atoms with van der Waals surface area (Å²) in [7, 11) is -3.59. The van der Waals surface area contributed by atoms with Gasteiger partial charge in [-0.3, -0.25) is 9.59 Å². The van der Waals surface area contributed by atoms with Gasteiger partial charge in [0.2, 0.25) is 0 Å². The molecule has 0 spiro atoms. The molecular weight excluding hydrogens is 234 g/mol. The number of carbonyl (C=O) groups is 2. The number of nitrogens with zero attached hydrogens (tertiary/aromatic N) is 1. The van der Waals surface area contributed by atoms with Crippen LogP contribution in [0.2, 0.25) is 0 Å². The number of carbonyl (C=O) groups excluding carboxylic acids is 1. The van der Waals surface area contributed by atoms with Crippen molar-refractivity contribution in [3.05, 3.63) is 0 Å². The fourth-order valence-corrected chi connectivity index (χ4v) is 3.23. The Kier molecular flexibility index (Phi) is 3.02. The summed E-state index contributed by atoms with van der Waals surface area (Å²) in [5.74, 6) is -1.85. The van der Waals surface area contributed by atoms with Gasteiger partial charge >= 0.3 is 5.97 Å². The zero-order valence-corrected chi connectivity index (χ0v) is 10.2. The quantitative estimate of drug-likeness (QED) is 0.760. The van der Waals surface area contributed by atoms with Crippen LogP contribution >= 0.6 is 0 Å². The van der Waals surface area contributed by atoms with Crippen LogP contribution < -0.4 is 0 Å². The number of sulfonamides is 1. The Bertz CT molecular complexity index is 425. The molecule has 1 saturated heterocycles. The predicted molar refractivity (Wildman–Crippen MR) is 56.1 cm³/mol. The van der Waals surface area contributed by atoms with Gasteiger partial charge in [0, 0.05) is 13.0 Å². The third-order valence-electron chi connectivity index (χ3n) is 2.68. The third-order valence-corrected chi connectivity index (χ3v) is 5.04. The van der Waals surface area contributed by atoms with E-state index >= 15 is 0 Å². The Hall–Kier alpha value is -1.11. The summed E-state index contributed by atoms with van der Waals surface area (Å²) in [6, 6.07) is 0. The summed E-state index contributed by atoms with van der Waals surface area (Å²) in [5.41, 5.74) is 0. The first-order chi connectivity index (χ1) is 7.10. The van der Waals surface area contributed by atoms with Gasteiger partial charge in [-0.25, -0.2) is 12.7 Å². The maximum atomic E-state index is 11.7. The Labute approximate surface area is 94.3 Å². The van der Waals surface area contributed by atoms with Crippen molar-refractivity contribution in [1.29, 1.82) is 0 Å². The van der Waals surface area contributed by atoms with Crippen molar-refractivity contribution in [2.45, 2.75) is 31.9 Å². The molecule has 0 saturated carbocycles. The molecule has 0 aromatic heterocycles. The van der Waals surface area contributed by atoms with E-state index in [4.69, 9.17) is 5.11 Å². The van der Waals surface area contributed by atoms with Gasteiger partial charge in [0.1, 0.15) is 0 Å². The second-order valence-corrected chi connectivity index (χ2v) is 6.97. The minimum atomic E-state index is -3.59. The van der Waals surface area contributed by atoms with Crippen LogP contribution in [0.25, 0.3) is 0 Å². The van der Waals surface area contributed by atoms with Crippen molar-refractivity contribution in [2.24, 2.45) is 5.92 Å². The molecule has 1 rings (SSSR count). The lowest BCUT2D eigenvalue weighted by molar-refractivity contribution is -0.139. The monoisotopic (exact) mass is 249 g/mol. The molecule has 92 valence electrons. The van der Waals surface area contributed by atoms with Crippen molar-refractivity contribution < 1.29 is 23.1 Å². The number of carboxylic acid groups (broad SMARTS) is 1. The zero-order valence-electron chi connectivity index (χ0n) is 9.43. The predicted octanol–water partition coefficient (Wildman–Crippen LogP) is 0.0478. The molecule has 6 nitrogen and oxygen atoms in total. The lowest BCUT2D eigenvalue weighted by Gasteiger charge is -2.43. The molecule has 7 heteroatoms. The van der Waals surface area contributed by atoms with Gasteiger partial charge in [-0.1, -0.05) is 6.92 Å². The van der Waals surface area contributed by atoms with E-state index in [2.05, 4.69) is 0 Å². The SMILES string of the molecule is CC(CC(=O)O)CN1C(=O)C(C)(C)S1(=O)=O. The first-order valence-electron chi connectivity index (χ1n) is 4.89. The summed E-state index contributed by atoms with van der Waals surface area (Å²) < 4.78 is 22.7. The first-order valence-corrected chi connectivity index (χ1v) is 6.33. The van der Waals surface area contributed by atoms with Crippen LogP contribution in [-0.4, -0.2) is 41.0 Å². The lowest BCUT2D eigenvalue weighted by atomic mass is 10.1. The molecule has 1 fully saturated rings. The molecule has 1 unspecified atom stereocenters. The molecule has 16 heavy (non-hydrogen) atoms. The number of carboxylic acids is 1. The largest absolute Gasteiger partial charge is 0.481 e. The van der Waals surface area contributed by atoms with Crippen LogP contribution in [-0.2, 0) is 19.6 Å². The standard InChI is InChI=1S/C9H15NO5S/c1-6(4-7(11)12)5-10-8(13)9(2,3)16(10,14)15/h6H,4-5H2,1-3H3,(H,11,12). The molecule has 0 radical (unpaired) electrons. The van der Waals surface area contributed by atoms with Gasteiger partial charge in [0.15, 0.2) is 4.75 Å². The maximum absolute atomic E-state index is 11.7. The van der Waals surface area contributed by atoms with Crippen LogP contribution in [0.1, 0.15) is 27.2 Å². The summed E-state index contributed by atoms with van der Waals surface area (Å²) in [6.45, 7) is 4.24. The average Bonchev–Trinajstić information content (AvgIpc) is 2.11. The van der Waals surface area contributed by atoms with Crippen molar-refractivity contribution in [2.75, 3.05) is 6.54 Å². The van der Waals surface area contributed by atoms with Gasteiger partial charge in [0.25, 0.3) is 15.9 Å². The molecule has 0 aromatic rings. The molecule has 0 aliphatic carbocycles. The highest BCUT2D eigenvalue weighted by molar-refractivity contribution is 7.94. The minimum absolute atomic E-state index is 0.0586. The summed E-state index contributed by atoms with van der Waals surface area (Å²) in [6.07, 6.45) is -0.153. The van der Waals surface area contributed by atoms with Crippen molar-refractivity contribution in [1.82, 2.24) is 4.31 Å². The minimum Gasteiger partial charge on any atom is -0.481 e. The molecule has 0 aromatic carbocycles. The summed E-state index contributed by atoms with van der Waals surface area (Å²) in [4.78, 5) is 21.9. The Balaban J connectivity index is 2.72. The second kappa shape index (κ2) is 3.73. The normalized spacial score (nSPS) is 23.7. The van der Waals surface area contributed by atoms with Crippen molar-refractivity contribution in [3.8, 4) is 0 Å². The topological polar surface area (TPSA) is 91.8 Å². The van der Waals surface area contributed by atoms with Crippen LogP contribution in [0.5, 0.6) is 0 Å². The first kappa shape index (κ1) is 13.0. The number of hydrogen-bond donors (Lipinski definition) is 1. The average molecular weight is 249 g/mol. The highest BCUT2D eigenvalue weighted by atomic mass is 32.2. The molecule has 0 bridgehead atoms. The van der Waals surface area contributed by atoms with Crippen molar-refractivity contribution >= 4 is 21.9 Å². The van der Waals surface area contributed by atoms with E-state index in [1.54, 1.807) is 6.92 Å². The molecule has 1 heterocycles. The highest BCUT2D eigenvalue weighted by Crippen LogP contribution is 2.35. The number of hydrogen-bond acceptors (Lipinski definition) is 4. The van der Waals surface area contributed by atoms with Gasteiger partial charge in [-0.05, 0) is 19.8 Å². The van der Waals surface area contributed by atoms with Crippen LogP contribution in [0, 0.1) is 5.92 Å². The van der Waals surface area contributed by atoms with E-state index in [0.29, 0.717) is 0 Å². The van der Waals surface area contributed by atoms with Crippen molar-refractivity contribution in [3.63, 3.8) is 0 Å². The van der Waals surface area contributed by atoms with Gasteiger partial charge in [-0.15, -0.1) is 0 Å². The summed E-state index contributed by atoms with van der Waals surface area (Å²) in [5, 5.41) is 8.53. The van der Waals surface area contributed by atoms with Crippen LogP contribution in [0.4, 0.5) is 0 Å². The van der Waals surface area contributed by atoms with E-state index in [9.17, 15) is 18.0 Å². The Morgan fingerprint density at radius 2 is 2.00 bits per heavy atom. The van der Waals surface area contributed by atoms with Crippen LogP contribution in [0.3, 0.4) is 0 Å². The van der Waals surface area contributed by atoms with E-state index in [-0.39, 0.29) is 18.9 Å². The Morgan fingerprint density at radius 1 is 1.50 bits per heavy atom. The molecule has 1 N–H and O–H groups in total. The van der Waals surface area contributed by atoms with Gasteiger partial charge in [0.05, 0.1) is 0 Å². The van der Waals surface area contributed by atoms with Crippen LogP contribution in [0.15, 0.2) is 0 Å². The number of rotatable bonds is 4. The number of aliphatic carboxylic acids is 1. The van der Waals surface area contributed by atoms with Gasteiger partial charge < -0.3 is 5.11 Å². The number of amides is 1. The molecule has 1 aliphatic heterocycles. The summed E-state index contributed by atoms with van der Waals surface area (Å²) >= 11 is 0. The zero-order chi connectivity index (χ0) is 12.7. The lowest BCUT2D eigenvalue weighted by Crippen LogP contribution is -2.67. The Morgan fingerprint density at radius 3 is 2.38 bits per heavy atom. The molecule has 1 aliphatic rings. The second-order valence-electron chi connectivity index (χ2n) is 4.55. The fourth-order valence-electron chi connectivity index (χ4n) is 1.58.